The average Bonchev–Trinajstić information content (AvgIpc) is 2.59. The molecule has 0 saturated heterocycles. The smallest absolute Gasteiger partial charge is 0.351 e. The van der Waals surface area contributed by atoms with E-state index in [0.717, 1.165) is 11.3 Å². The molecule has 82 valence electrons. The summed E-state index contributed by atoms with van der Waals surface area (Å²) in [6, 6.07) is 0. The lowest BCUT2D eigenvalue weighted by Crippen LogP contribution is -2.01. The van der Waals surface area contributed by atoms with Gasteiger partial charge in [-0.25, -0.2) is 9.18 Å². The standard InChI is InChI=1S/C10H11FO3S/c1-4-14-6(2)7-5-15-9(8(7)11)10(12)13-3/h5H,2,4H2,1,3H3. The lowest BCUT2D eigenvalue weighted by Gasteiger charge is -2.04. The van der Waals surface area contributed by atoms with E-state index in [2.05, 4.69) is 11.3 Å². The Labute approximate surface area is 91.1 Å². The fourth-order valence-electron chi connectivity index (χ4n) is 1.01. The van der Waals surface area contributed by atoms with Gasteiger partial charge in [0.15, 0.2) is 5.82 Å². The zero-order valence-corrected chi connectivity index (χ0v) is 9.32. The molecule has 0 spiro atoms. The van der Waals surface area contributed by atoms with Gasteiger partial charge in [-0.3, -0.25) is 0 Å². The Morgan fingerprint density at radius 1 is 1.67 bits per heavy atom. The highest BCUT2D eigenvalue weighted by atomic mass is 32.1. The number of hydrogen-bond donors (Lipinski definition) is 0. The van der Waals surface area contributed by atoms with Crippen LogP contribution in [0.3, 0.4) is 0 Å². The van der Waals surface area contributed by atoms with E-state index in [1.807, 2.05) is 0 Å². The first kappa shape index (κ1) is 11.7. The van der Waals surface area contributed by atoms with Crippen molar-refractivity contribution in [2.24, 2.45) is 0 Å². The van der Waals surface area contributed by atoms with Crippen molar-refractivity contribution in [1.82, 2.24) is 0 Å². The van der Waals surface area contributed by atoms with Crippen molar-refractivity contribution in [2.45, 2.75) is 6.92 Å². The second-order valence-electron chi connectivity index (χ2n) is 2.64. The van der Waals surface area contributed by atoms with Gasteiger partial charge in [-0.05, 0) is 6.92 Å². The predicted molar refractivity (Wildman–Crippen MR) is 56.3 cm³/mol. The fraction of sp³-hybridized carbons (Fsp3) is 0.300. The molecule has 1 aromatic heterocycles. The Balaban J connectivity index is 2.98. The zero-order chi connectivity index (χ0) is 11.4. The number of carbonyl (C=O) groups is 1. The molecule has 15 heavy (non-hydrogen) atoms. The number of ether oxygens (including phenoxy) is 2. The molecule has 0 aliphatic heterocycles. The lowest BCUT2D eigenvalue weighted by atomic mass is 10.2. The van der Waals surface area contributed by atoms with Crippen molar-refractivity contribution in [3.63, 3.8) is 0 Å². The molecular formula is C10H11FO3S. The quantitative estimate of drug-likeness (QED) is 0.589. The molecule has 0 saturated carbocycles. The Bertz CT molecular complexity index is 384. The Kier molecular flexibility index (Phi) is 3.85. The maximum Gasteiger partial charge on any atom is 0.351 e. The van der Waals surface area contributed by atoms with Crippen LogP contribution in [0.15, 0.2) is 12.0 Å². The third-order valence-corrected chi connectivity index (χ3v) is 2.66. The zero-order valence-electron chi connectivity index (χ0n) is 8.50. The van der Waals surface area contributed by atoms with Crippen LogP contribution in [0.2, 0.25) is 0 Å². The summed E-state index contributed by atoms with van der Waals surface area (Å²) in [5.41, 5.74) is 0.210. The molecule has 0 aromatic carbocycles. The van der Waals surface area contributed by atoms with Crippen LogP contribution in [-0.4, -0.2) is 19.7 Å². The largest absolute Gasteiger partial charge is 0.494 e. The van der Waals surface area contributed by atoms with Crippen LogP contribution in [0.1, 0.15) is 22.2 Å². The summed E-state index contributed by atoms with van der Waals surface area (Å²) in [5.74, 6) is -1.10. The fourth-order valence-corrected chi connectivity index (χ4v) is 1.88. The third-order valence-electron chi connectivity index (χ3n) is 1.72. The molecule has 0 N–H and O–H groups in total. The molecule has 3 nitrogen and oxygen atoms in total. The second kappa shape index (κ2) is 4.93. The first-order valence-electron chi connectivity index (χ1n) is 4.29. The van der Waals surface area contributed by atoms with Crippen LogP contribution in [0.25, 0.3) is 5.76 Å². The van der Waals surface area contributed by atoms with Gasteiger partial charge in [0.2, 0.25) is 0 Å². The number of esters is 1. The number of hydrogen-bond acceptors (Lipinski definition) is 4. The molecule has 5 heteroatoms. The maximum absolute atomic E-state index is 13.6. The SMILES string of the molecule is C=C(OCC)c1csc(C(=O)OC)c1F. The molecule has 0 unspecified atom stereocenters. The van der Waals surface area contributed by atoms with Crippen LogP contribution in [0, 0.1) is 5.82 Å². The summed E-state index contributed by atoms with van der Waals surface area (Å²) in [5, 5.41) is 1.49. The summed E-state index contributed by atoms with van der Waals surface area (Å²) in [7, 11) is 1.21. The Morgan fingerprint density at radius 2 is 2.33 bits per heavy atom. The summed E-state index contributed by atoms with van der Waals surface area (Å²) >= 11 is 0.973. The first-order valence-corrected chi connectivity index (χ1v) is 5.17. The van der Waals surface area contributed by atoms with Crippen molar-refractivity contribution in [2.75, 3.05) is 13.7 Å². The van der Waals surface area contributed by atoms with E-state index in [1.165, 1.54) is 12.5 Å². The van der Waals surface area contributed by atoms with Gasteiger partial charge in [-0.15, -0.1) is 11.3 Å². The van der Waals surface area contributed by atoms with Crippen LogP contribution >= 0.6 is 11.3 Å². The van der Waals surface area contributed by atoms with E-state index in [1.54, 1.807) is 6.92 Å². The topological polar surface area (TPSA) is 35.5 Å². The van der Waals surface area contributed by atoms with Crippen LogP contribution in [0.5, 0.6) is 0 Å². The van der Waals surface area contributed by atoms with E-state index >= 15 is 0 Å². The van der Waals surface area contributed by atoms with Crippen molar-refractivity contribution in [1.29, 1.82) is 0 Å². The highest BCUT2D eigenvalue weighted by Gasteiger charge is 2.20. The van der Waals surface area contributed by atoms with Gasteiger partial charge in [0, 0.05) is 5.38 Å². The van der Waals surface area contributed by atoms with E-state index < -0.39 is 11.8 Å². The number of rotatable bonds is 4. The van der Waals surface area contributed by atoms with E-state index in [-0.39, 0.29) is 16.2 Å². The molecule has 0 aliphatic carbocycles. The lowest BCUT2D eigenvalue weighted by molar-refractivity contribution is 0.0601. The molecule has 1 aromatic rings. The van der Waals surface area contributed by atoms with Gasteiger partial charge in [0.25, 0.3) is 0 Å². The molecule has 0 bridgehead atoms. The normalized spacial score (nSPS) is 9.80. The van der Waals surface area contributed by atoms with Crippen LogP contribution in [0.4, 0.5) is 4.39 Å². The average molecular weight is 230 g/mol. The van der Waals surface area contributed by atoms with Gasteiger partial charge in [0.05, 0.1) is 19.3 Å². The number of carbonyl (C=O) groups excluding carboxylic acids is 1. The molecule has 0 atom stereocenters. The molecule has 1 rings (SSSR count). The van der Waals surface area contributed by atoms with Gasteiger partial charge >= 0.3 is 5.97 Å². The van der Waals surface area contributed by atoms with Gasteiger partial charge in [-0.2, -0.15) is 0 Å². The summed E-state index contributed by atoms with van der Waals surface area (Å²) < 4.78 is 23.1. The highest BCUT2D eigenvalue weighted by Crippen LogP contribution is 2.27. The van der Waals surface area contributed by atoms with Crippen molar-refractivity contribution >= 4 is 23.1 Å². The van der Waals surface area contributed by atoms with E-state index in [0.29, 0.717) is 6.61 Å². The molecule has 0 amide bonds. The molecule has 1 heterocycles. The summed E-state index contributed by atoms with van der Waals surface area (Å²) in [4.78, 5) is 11.0. The van der Waals surface area contributed by atoms with Crippen LogP contribution in [-0.2, 0) is 9.47 Å². The maximum atomic E-state index is 13.6. The second-order valence-corrected chi connectivity index (χ2v) is 3.52. The van der Waals surface area contributed by atoms with Gasteiger partial charge in [0.1, 0.15) is 10.6 Å². The summed E-state index contributed by atoms with van der Waals surface area (Å²) in [6.07, 6.45) is 0. The molecule has 0 radical (unpaired) electrons. The van der Waals surface area contributed by atoms with Crippen molar-refractivity contribution in [3.8, 4) is 0 Å². The first-order chi connectivity index (χ1) is 7.11. The minimum atomic E-state index is -0.687. The highest BCUT2D eigenvalue weighted by molar-refractivity contribution is 7.12. The van der Waals surface area contributed by atoms with Gasteiger partial charge < -0.3 is 9.47 Å². The van der Waals surface area contributed by atoms with E-state index in [9.17, 15) is 9.18 Å². The van der Waals surface area contributed by atoms with E-state index in [4.69, 9.17) is 4.74 Å². The minimum absolute atomic E-state index is 0.0617. The summed E-state index contributed by atoms with van der Waals surface area (Å²) in [6.45, 7) is 5.75. The molecule has 0 aliphatic rings. The van der Waals surface area contributed by atoms with Gasteiger partial charge in [-0.1, -0.05) is 6.58 Å². The number of methoxy groups -OCH3 is 1. The van der Waals surface area contributed by atoms with Crippen molar-refractivity contribution in [3.05, 3.63) is 28.2 Å². The monoisotopic (exact) mass is 230 g/mol. The Morgan fingerprint density at radius 3 is 2.87 bits per heavy atom. The third kappa shape index (κ3) is 2.36. The molecule has 0 fully saturated rings. The minimum Gasteiger partial charge on any atom is -0.494 e. The van der Waals surface area contributed by atoms with Crippen molar-refractivity contribution < 1.29 is 18.7 Å². The molecular weight excluding hydrogens is 219 g/mol. The Hall–Kier alpha value is -1.36. The number of thiophene rings is 1. The number of halogens is 1. The van der Waals surface area contributed by atoms with Crippen LogP contribution < -0.4 is 0 Å². The predicted octanol–water partition coefficient (Wildman–Crippen LogP) is 2.68.